The van der Waals surface area contributed by atoms with E-state index in [0.717, 1.165) is 0 Å². The van der Waals surface area contributed by atoms with Crippen molar-refractivity contribution in [3.8, 4) is 0 Å². The monoisotopic (exact) mass is 345 g/mol. The van der Waals surface area contributed by atoms with Crippen LogP contribution in [0, 0.1) is 0 Å². The Labute approximate surface area is 113 Å². The van der Waals surface area contributed by atoms with Gasteiger partial charge in [0, 0.05) is 12.8 Å². The maximum Gasteiger partial charge on any atom is 0.0804 e. The van der Waals surface area contributed by atoms with Gasteiger partial charge in [0.25, 0.3) is 0 Å². The highest BCUT2D eigenvalue weighted by atomic mass is 127. The summed E-state index contributed by atoms with van der Waals surface area (Å²) in [6, 6.07) is 0. The standard InChI is InChI=1S/C10H20NS2.HI/c1-11(2)6-4-10(5-7-11)12-8-3-9-13-10;/h3-9H2,1-2H3;1H/q+1;/p-1. The number of piperidine rings is 1. The number of thioether (sulfide) groups is 2. The van der Waals surface area contributed by atoms with Gasteiger partial charge < -0.3 is 28.5 Å². The molecule has 0 aliphatic carbocycles. The van der Waals surface area contributed by atoms with Gasteiger partial charge in [-0.3, -0.25) is 0 Å². The van der Waals surface area contributed by atoms with E-state index in [1.54, 1.807) is 0 Å². The predicted molar refractivity (Wildman–Crippen MR) is 63.3 cm³/mol. The van der Waals surface area contributed by atoms with Crippen molar-refractivity contribution in [3.05, 3.63) is 0 Å². The summed E-state index contributed by atoms with van der Waals surface area (Å²) in [5.74, 6) is 2.81. The van der Waals surface area contributed by atoms with Crippen LogP contribution < -0.4 is 24.0 Å². The number of hydrogen-bond acceptors (Lipinski definition) is 2. The Bertz CT molecular complexity index is 179. The number of hydrogen-bond donors (Lipinski definition) is 0. The molecule has 0 amide bonds. The summed E-state index contributed by atoms with van der Waals surface area (Å²) < 4.78 is 1.87. The predicted octanol–water partition coefficient (Wildman–Crippen LogP) is -0.573. The molecule has 2 heterocycles. The van der Waals surface area contributed by atoms with Gasteiger partial charge in [-0.05, 0) is 17.9 Å². The molecular formula is C10H20INS2. The summed E-state index contributed by atoms with van der Waals surface area (Å²) >= 11 is 4.48. The van der Waals surface area contributed by atoms with Crippen LogP contribution >= 0.6 is 23.5 Å². The number of quaternary nitrogens is 1. The molecule has 0 N–H and O–H groups in total. The molecule has 0 atom stereocenters. The third kappa shape index (κ3) is 3.19. The van der Waals surface area contributed by atoms with Crippen molar-refractivity contribution < 1.29 is 28.5 Å². The molecular weight excluding hydrogens is 325 g/mol. The van der Waals surface area contributed by atoms with E-state index >= 15 is 0 Å². The summed E-state index contributed by atoms with van der Waals surface area (Å²) in [7, 11) is 4.73. The fourth-order valence-corrected chi connectivity index (χ4v) is 5.37. The van der Waals surface area contributed by atoms with Crippen molar-refractivity contribution >= 4 is 23.5 Å². The normalized spacial score (nSPS) is 29.6. The van der Waals surface area contributed by atoms with Gasteiger partial charge in [0.1, 0.15) is 0 Å². The molecule has 2 aliphatic heterocycles. The molecule has 0 saturated carbocycles. The van der Waals surface area contributed by atoms with Gasteiger partial charge in [-0.15, -0.1) is 23.5 Å². The SMILES string of the molecule is C[N+]1(C)CCC2(CC1)SCCCS2.[I-]. The van der Waals surface area contributed by atoms with Crippen molar-refractivity contribution in [3.63, 3.8) is 0 Å². The molecule has 0 bridgehead atoms. The van der Waals surface area contributed by atoms with Crippen LogP contribution in [0.1, 0.15) is 19.3 Å². The third-order valence-corrected chi connectivity index (χ3v) is 6.78. The third-order valence-electron chi connectivity index (χ3n) is 3.21. The fraction of sp³-hybridized carbons (Fsp3) is 1.00. The first-order valence-corrected chi connectivity index (χ1v) is 7.19. The summed E-state index contributed by atoms with van der Waals surface area (Å²) in [5.41, 5.74) is 0. The molecule has 0 aromatic carbocycles. The van der Waals surface area contributed by atoms with Crippen molar-refractivity contribution in [2.45, 2.75) is 23.3 Å². The smallest absolute Gasteiger partial charge is 0.0804 e. The Morgan fingerprint density at radius 1 is 1.00 bits per heavy atom. The van der Waals surface area contributed by atoms with Crippen LogP contribution in [0.3, 0.4) is 0 Å². The molecule has 2 aliphatic rings. The van der Waals surface area contributed by atoms with Crippen LogP contribution in [0.4, 0.5) is 0 Å². The van der Waals surface area contributed by atoms with Crippen LogP contribution in [0.25, 0.3) is 0 Å². The Kier molecular flexibility index (Phi) is 4.95. The molecule has 4 heteroatoms. The van der Waals surface area contributed by atoms with Gasteiger partial charge in [0.15, 0.2) is 0 Å². The molecule has 2 saturated heterocycles. The number of rotatable bonds is 0. The lowest BCUT2D eigenvalue weighted by Gasteiger charge is -2.45. The van der Waals surface area contributed by atoms with Crippen LogP contribution in [-0.4, -0.2) is 47.3 Å². The second kappa shape index (κ2) is 5.15. The minimum Gasteiger partial charge on any atom is -1.00 e. The summed E-state index contributed by atoms with van der Waals surface area (Å²) in [5, 5.41) is 0. The minimum atomic E-state index is 0. The fourth-order valence-electron chi connectivity index (χ4n) is 2.09. The highest BCUT2D eigenvalue weighted by Crippen LogP contribution is 2.49. The van der Waals surface area contributed by atoms with Gasteiger partial charge in [-0.25, -0.2) is 0 Å². The van der Waals surface area contributed by atoms with Crippen molar-refractivity contribution in [1.82, 2.24) is 0 Å². The second-order valence-electron chi connectivity index (χ2n) is 4.84. The number of nitrogens with zero attached hydrogens (tertiary/aromatic N) is 1. The Hall–Kier alpha value is 1.39. The molecule has 0 aromatic rings. The first kappa shape index (κ1) is 13.5. The van der Waals surface area contributed by atoms with Crippen LogP contribution in [0.5, 0.6) is 0 Å². The maximum absolute atomic E-state index is 2.37. The molecule has 0 unspecified atom stereocenters. The first-order valence-electron chi connectivity index (χ1n) is 5.22. The highest BCUT2D eigenvalue weighted by molar-refractivity contribution is 8.18. The molecule has 1 nitrogen and oxygen atoms in total. The van der Waals surface area contributed by atoms with Crippen LogP contribution in [-0.2, 0) is 0 Å². The van der Waals surface area contributed by atoms with E-state index in [1.807, 2.05) is 0 Å². The van der Waals surface area contributed by atoms with Gasteiger partial charge in [-0.1, -0.05) is 0 Å². The lowest BCUT2D eigenvalue weighted by atomic mass is 10.1. The molecule has 84 valence electrons. The van der Waals surface area contributed by atoms with Crippen molar-refractivity contribution in [1.29, 1.82) is 0 Å². The first-order chi connectivity index (χ1) is 6.12. The zero-order chi connectivity index (χ0) is 9.36. The van der Waals surface area contributed by atoms with E-state index in [2.05, 4.69) is 37.6 Å². The van der Waals surface area contributed by atoms with E-state index in [-0.39, 0.29) is 24.0 Å². The Morgan fingerprint density at radius 2 is 1.50 bits per heavy atom. The Morgan fingerprint density at radius 3 is 2.00 bits per heavy atom. The van der Waals surface area contributed by atoms with E-state index in [4.69, 9.17) is 0 Å². The largest absolute Gasteiger partial charge is 1.00 e. The molecule has 0 radical (unpaired) electrons. The molecule has 14 heavy (non-hydrogen) atoms. The van der Waals surface area contributed by atoms with Crippen molar-refractivity contribution in [2.75, 3.05) is 38.7 Å². The minimum absolute atomic E-state index is 0. The van der Waals surface area contributed by atoms with E-state index in [0.29, 0.717) is 4.08 Å². The molecule has 2 fully saturated rings. The van der Waals surface area contributed by atoms with E-state index < -0.39 is 0 Å². The van der Waals surface area contributed by atoms with E-state index in [9.17, 15) is 0 Å². The molecule has 2 rings (SSSR count). The summed E-state index contributed by atoms with van der Waals surface area (Å²) in [6.07, 6.45) is 4.28. The van der Waals surface area contributed by atoms with E-state index in [1.165, 1.54) is 48.3 Å². The quantitative estimate of drug-likeness (QED) is 0.426. The Balaban J connectivity index is 0.000000980. The summed E-state index contributed by atoms with van der Waals surface area (Å²) in [4.78, 5) is 0. The average Bonchev–Trinajstić information content (AvgIpc) is 2.13. The van der Waals surface area contributed by atoms with Gasteiger partial charge in [0.05, 0.1) is 31.3 Å². The molecule has 0 aromatic heterocycles. The van der Waals surface area contributed by atoms with Gasteiger partial charge in [0.2, 0.25) is 0 Å². The zero-order valence-corrected chi connectivity index (χ0v) is 12.9. The number of halogens is 1. The van der Waals surface area contributed by atoms with Crippen LogP contribution in [0.15, 0.2) is 0 Å². The van der Waals surface area contributed by atoms with Crippen molar-refractivity contribution in [2.24, 2.45) is 0 Å². The van der Waals surface area contributed by atoms with Gasteiger partial charge in [-0.2, -0.15) is 0 Å². The highest BCUT2D eigenvalue weighted by Gasteiger charge is 2.40. The maximum atomic E-state index is 2.37. The average molecular weight is 345 g/mol. The topological polar surface area (TPSA) is 0 Å². The summed E-state index contributed by atoms with van der Waals surface area (Å²) in [6.45, 7) is 2.75. The lowest BCUT2D eigenvalue weighted by molar-refractivity contribution is -0.895. The zero-order valence-electron chi connectivity index (χ0n) is 9.09. The number of likely N-dealkylation sites (tertiary alicyclic amines) is 1. The van der Waals surface area contributed by atoms with Crippen LogP contribution in [0.2, 0.25) is 0 Å². The van der Waals surface area contributed by atoms with Gasteiger partial charge >= 0.3 is 0 Å². The lowest BCUT2D eigenvalue weighted by Crippen LogP contribution is -3.00. The molecule has 1 spiro atoms. The second-order valence-corrected chi connectivity index (χ2v) is 8.06.